The number of aromatic nitrogens is 1. The van der Waals surface area contributed by atoms with Crippen LogP contribution in [0.15, 0.2) is 24.3 Å². The number of likely N-dealkylation sites (N-methyl/N-ethyl adjacent to an activating group) is 1. The highest BCUT2D eigenvalue weighted by molar-refractivity contribution is 6.37. The molecule has 0 amide bonds. The van der Waals surface area contributed by atoms with E-state index < -0.39 is 0 Å². The van der Waals surface area contributed by atoms with Gasteiger partial charge in [0, 0.05) is 43.7 Å². The van der Waals surface area contributed by atoms with Gasteiger partial charge in [-0.15, -0.1) is 0 Å². The van der Waals surface area contributed by atoms with E-state index in [-0.39, 0.29) is 0 Å². The third kappa shape index (κ3) is 5.34. The lowest BCUT2D eigenvalue weighted by Gasteiger charge is -2.32. The molecule has 1 aromatic heterocycles. The molecule has 0 atom stereocenters. The van der Waals surface area contributed by atoms with Crippen LogP contribution in [0, 0.1) is 18.3 Å². The molecular weight excluding hydrogens is 489 g/mol. The lowest BCUT2D eigenvalue weighted by molar-refractivity contribution is 0.0747. The molecule has 2 heterocycles. The molecule has 2 aromatic carbocycles. The SMILES string of the molecule is COc1cc(Nc2c(C#N)c(C)nc3cc(OCN4CCN(C)CC4)c(OC)cc23)c(Cl)cc1Cl. The monoisotopic (exact) mass is 515 g/mol. The first-order chi connectivity index (χ1) is 16.8. The Morgan fingerprint density at radius 2 is 1.71 bits per heavy atom. The molecule has 0 bridgehead atoms. The largest absolute Gasteiger partial charge is 0.495 e. The van der Waals surface area contributed by atoms with Crippen LogP contribution in [0.5, 0.6) is 17.2 Å². The number of methoxy groups -OCH3 is 2. The van der Waals surface area contributed by atoms with Crippen molar-refractivity contribution in [1.82, 2.24) is 14.8 Å². The van der Waals surface area contributed by atoms with Crippen molar-refractivity contribution in [2.75, 3.05) is 59.5 Å². The number of rotatable bonds is 7. The van der Waals surface area contributed by atoms with Crippen molar-refractivity contribution >= 4 is 45.5 Å². The van der Waals surface area contributed by atoms with E-state index in [4.69, 9.17) is 37.4 Å². The van der Waals surface area contributed by atoms with E-state index in [1.54, 1.807) is 26.2 Å². The van der Waals surface area contributed by atoms with E-state index in [0.717, 1.165) is 26.2 Å². The lowest BCUT2D eigenvalue weighted by atomic mass is 10.1. The van der Waals surface area contributed by atoms with E-state index >= 15 is 0 Å². The van der Waals surface area contributed by atoms with E-state index in [0.29, 0.717) is 67.6 Å². The number of piperazine rings is 1. The molecule has 1 saturated heterocycles. The number of ether oxygens (including phenoxy) is 3. The van der Waals surface area contributed by atoms with Crippen molar-refractivity contribution in [2.45, 2.75) is 6.92 Å². The van der Waals surface area contributed by atoms with Crippen molar-refractivity contribution < 1.29 is 14.2 Å². The minimum absolute atomic E-state index is 0.390. The summed E-state index contributed by atoms with van der Waals surface area (Å²) in [5.41, 5.74) is 2.75. The van der Waals surface area contributed by atoms with Gasteiger partial charge in [-0.3, -0.25) is 9.88 Å². The Hall–Kier alpha value is -2.96. The van der Waals surface area contributed by atoms with Gasteiger partial charge < -0.3 is 24.4 Å². The number of pyridine rings is 1. The fraction of sp³-hybridized carbons (Fsp3) is 0.360. The molecule has 0 aliphatic carbocycles. The van der Waals surface area contributed by atoms with Crippen LogP contribution >= 0.6 is 23.2 Å². The van der Waals surface area contributed by atoms with Gasteiger partial charge in [0.25, 0.3) is 0 Å². The zero-order chi connectivity index (χ0) is 25.1. The van der Waals surface area contributed by atoms with Crippen molar-refractivity contribution in [1.29, 1.82) is 5.26 Å². The predicted octanol–water partition coefficient (Wildman–Crippen LogP) is 5.07. The van der Waals surface area contributed by atoms with Crippen LogP contribution in [0.25, 0.3) is 10.9 Å². The van der Waals surface area contributed by atoms with Gasteiger partial charge in [0.05, 0.1) is 52.4 Å². The highest BCUT2D eigenvalue weighted by atomic mass is 35.5. The molecule has 1 aliphatic heterocycles. The number of hydrogen-bond acceptors (Lipinski definition) is 8. The molecule has 1 aliphatic rings. The maximum atomic E-state index is 9.91. The molecule has 1 N–H and O–H groups in total. The molecule has 35 heavy (non-hydrogen) atoms. The molecular formula is C25H27Cl2N5O3. The van der Waals surface area contributed by atoms with Crippen molar-refractivity contribution in [3.63, 3.8) is 0 Å². The maximum absolute atomic E-state index is 9.91. The molecule has 1 fully saturated rings. The van der Waals surface area contributed by atoms with Gasteiger partial charge in [-0.1, -0.05) is 23.2 Å². The van der Waals surface area contributed by atoms with Crippen molar-refractivity contribution in [3.05, 3.63) is 45.6 Å². The van der Waals surface area contributed by atoms with Gasteiger partial charge in [0.15, 0.2) is 11.5 Å². The summed E-state index contributed by atoms with van der Waals surface area (Å²) in [6.07, 6.45) is 0. The molecule has 0 unspecified atom stereocenters. The van der Waals surface area contributed by atoms with Crippen LogP contribution in [0.2, 0.25) is 10.0 Å². The van der Waals surface area contributed by atoms with Crippen molar-refractivity contribution in [2.24, 2.45) is 0 Å². The topological polar surface area (TPSA) is 82.9 Å². The minimum atomic E-state index is 0.390. The molecule has 0 radical (unpaired) electrons. The van der Waals surface area contributed by atoms with Crippen LogP contribution < -0.4 is 19.5 Å². The fourth-order valence-electron chi connectivity index (χ4n) is 3.99. The van der Waals surface area contributed by atoms with Gasteiger partial charge in [-0.05, 0) is 26.1 Å². The summed E-state index contributed by atoms with van der Waals surface area (Å²) in [4.78, 5) is 9.21. The Morgan fingerprint density at radius 1 is 1.00 bits per heavy atom. The number of anilines is 2. The highest BCUT2D eigenvalue weighted by Crippen LogP contribution is 2.41. The number of benzene rings is 2. The highest BCUT2D eigenvalue weighted by Gasteiger charge is 2.20. The number of fused-ring (bicyclic) bond motifs is 1. The molecule has 184 valence electrons. The Balaban J connectivity index is 1.74. The first-order valence-electron chi connectivity index (χ1n) is 11.1. The van der Waals surface area contributed by atoms with E-state index in [9.17, 15) is 5.26 Å². The second kappa shape index (κ2) is 10.8. The van der Waals surface area contributed by atoms with E-state index in [2.05, 4.69) is 33.2 Å². The average molecular weight is 516 g/mol. The molecule has 10 heteroatoms. The smallest absolute Gasteiger partial charge is 0.165 e. The molecule has 0 saturated carbocycles. The standard InChI is InChI=1S/C25H27Cl2N5O3/c1-15-17(13-28)25(30-21-12-22(33-3)19(27)10-18(21)26)16-9-23(34-4)24(11-20(16)29-15)35-14-32-7-5-31(2)6-8-32/h9-12H,5-8,14H2,1-4H3,(H,29,30). The third-order valence-corrected chi connectivity index (χ3v) is 6.67. The number of nitrogens with one attached hydrogen (secondary N) is 1. The fourth-order valence-corrected chi connectivity index (χ4v) is 4.49. The summed E-state index contributed by atoms with van der Waals surface area (Å²) in [5.74, 6) is 1.60. The first-order valence-corrected chi connectivity index (χ1v) is 11.9. The summed E-state index contributed by atoms with van der Waals surface area (Å²) < 4.78 is 17.1. The van der Waals surface area contributed by atoms with E-state index in [1.807, 2.05) is 12.1 Å². The normalized spacial score (nSPS) is 14.5. The predicted molar refractivity (Wildman–Crippen MR) is 139 cm³/mol. The first kappa shape index (κ1) is 25.1. The zero-order valence-electron chi connectivity index (χ0n) is 20.1. The van der Waals surface area contributed by atoms with Crippen LogP contribution in [0.4, 0.5) is 11.4 Å². The van der Waals surface area contributed by atoms with Crippen LogP contribution in [-0.2, 0) is 0 Å². The number of aryl methyl sites for hydroxylation is 1. The summed E-state index contributed by atoms with van der Waals surface area (Å²) in [7, 11) is 5.23. The number of hydrogen-bond donors (Lipinski definition) is 1. The summed E-state index contributed by atoms with van der Waals surface area (Å²) in [5, 5.41) is 14.7. The summed E-state index contributed by atoms with van der Waals surface area (Å²) >= 11 is 12.6. The second-order valence-corrected chi connectivity index (χ2v) is 9.18. The van der Waals surface area contributed by atoms with E-state index in [1.165, 1.54) is 7.11 Å². The van der Waals surface area contributed by atoms with Crippen LogP contribution in [0.1, 0.15) is 11.3 Å². The van der Waals surface area contributed by atoms with Gasteiger partial charge in [0.1, 0.15) is 18.5 Å². The number of nitriles is 1. The van der Waals surface area contributed by atoms with Gasteiger partial charge in [-0.2, -0.15) is 5.26 Å². The Kier molecular flexibility index (Phi) is 7.72. The molecule has 8 nitrogen and oxygen atoms in total. The molecule has 0 spiro atoms. The van der Waals surface area contributed by atoms with Gasteiger partial charge >= 0.3 is 0 Å². The maximum Gasteiger partial charge on any atom is 0.165 e. The average Bonchev–Trinajstić information content (AvgIpc) is 2.84. The second-order valence-electron chi connectivity index (χ2n) is 8.37. The van der Waals surface area contributed by atoms with Gasteiger partial charge in [-0.25, -0.2) is 0 Å². The van der Waals surface area contributed by atoms with Gasteiger partial charge in [0.2, 0.25) is 0 Å². The van der Waals surface area contributed by atoms with Crippen LogP contribution in [-0.4, -0.2) is 69.0 Å². The molecule has 4 rings (SSSR count). The minimum Gasteiger partial charge on any atom is -0.495 e. The number of halogens is 2. The zero-order valence-corrected chi connectivity index (χ0v) is 21.6. The number of nitrogens with zero attached hydrogens (tertiary/aromatic N) is 4. The van der Waals surface area contributed by atoms with Crippen molar-refractivity contribution in [3.8, 4) is 23.3 Å². The summed E-state index contributed by atoms with van der Waals surface area (Å²) in [6.45, 7) is 6.13. The Labute approximate surface area is 214 Å². The molecule has 3 aromatic rings. The Morgan fingerprint density at radius 3 is 2.37 bits per heavy atom. The quantitative estimate of drug-likeness (QED) is 0.467. The lowest BCUT2D eigenvalue weighted by Crippen LogP contribution is -2.45. The van der Waals surface area contributed by atoms with Crippen LogP contribution in [0.3, 0.4) is 0 Å². The Bertz CT molecular complexity index is 1290. The summed E-state index contributed by atoms with van der Waals surface area (Å²) in [6, 6.07) is 9.20. The third-order valence-electron chi connectivity index (χ3n) is 6.06.